The van der Waals surface area contributed by atoms with Crippen LogP contribution >= 0.6 is 0 Å². The summed E-state index contributed by atoms with van der Waals surface area (Å²) >= 11 is 0. The van der Waals surface area contributed by atoms with E-state index in [1.807, 2.05) is 60.6 Å². The molecule has 0 fully saturated rings. The lowest BCUT2D eigenvalue weighted by molar-refractivity contribution is 0.383. The summed E-state index contributed by atoms with van der Waals surface area (Å²) in [5.74, 6) is 1.06. The maximum atomic E-state index is 13.4. The molecule has 3 aromatic carbocycles. The molecule has 5 heteroatoms. The molecular weight excluding hydrogens is 449 g/mol. The molecule has 0 aromatic heterocycles. The quantitative estimate of drug-likeness (QED) is 0.356. The van der Waals surface area contributed by atoms with Gasteiger partial charge in [-0.2, -0.15) is 0 Å². The third-order valence-electron chi connectivity index (χ3n) is 5.44. The van der Waals surface area contributed by atoms with Gasteiger partial charge in [-0.1, -0.05) is 71.9 Å². The van der Waals surface area contributed by atoms with Crippen molar-refractivity contribution in [2.24, 2.45) is 0 Å². The lowest BCUT2D eigenvalue weighted by Gasteiger charge is -2.09. The van der Waals surface area contributed by atoms with Gasteiger partial charge in [-0.15, -0.1) is 0 Å². The van der Waals surface area contributed by atoms with Crippen LogP contribution < -0.4 is 9.47 Å². The van der Waals surface area contributed by atoms with Gasteiger partial charge in [-0.3, -0.25) is 0 Å². The predicted octanol–water partition coefficient (Wildman–Crippen LogP) is 9.17. The zero-order valence-electron chi connectivity index (χ0n) is 22.4. The summed E-state index contributed by atoms with van der Waals surface area (Å²) in [6.45, 7) is 13.7. The number of rotatable bonds is 5. The molecule has 0 spiro atoms. The van der Waals surface area contributed by atoms with Crippen LogP contribution in [0.3, 0.4) is 0 Å². The van der Waals surface area contributed by atoms with Gasteiger partial charge in [0.25, 0.3) is 0 Å². The highest BCUT2D eigenvalue weighted by atomic mass is 19.1. The Hall–Kier alpha value is -2.95. The molecule has 0 aliphatic carbocycles. The summed E-state index contributed by atoms with van der Waals surface area (Å²) in [7, 11) is 3.01. The smallest absolute Gasteiger partial charge is 0.168 e. The number of methoxy groups -OCH3 is 2. The molecule has 192 valence electrons. The van der Waals surface area contributed by atoms with Gasteiger partial charge >= 0.3 is 0 Å². The summed E-state index contributed by atoms with van der Waals surface area (Å²) in [5.41, 5.74) is 3.22. The maximum absolute atomic E-state index is 13.4. The Kier molecular flexibility index (Phi) is 12.4. The fraction of sp³-hybridized carbons (Fsp3) is 0.400. The number of hydrogen-bond donors (Lipinski definition) is 0. The minimum Gasteiger partial charge on any atom is -0.497 e. The van der Waals surface area contributed by atoms with Crippen LogP contribution in [-0.4, -0.2) is 14.2 Å². The van der Waals surface area contributed by atoms with Crippen molar-refractivity contribution in [3.05, 3.63) is 94.3 Å². The SMILES string of the molecule is COc1ccc(C(C)C)c(F)c1.COc1cccc(C(C)C)c1F.Cc1ccc(C(C)C)c(F)c1. The first-order valence-corrected chi connectivity index (χ1v) is 11.8. The van der Waals surface area contributed by atoms with E-state index >= 15 is 0 Å². The molecule has 35 heavy (non-hydrogen) atoms. The number of benzene rings is 3. The average Bonchev–Trinajstić information content (AvgIpc) is 2.79. The van der Waals surface area contributed by atoms with Crippen molar-refractivity contribution < 1.29 is 22.6 Å². The van der Waals surface area contributed by atoms with Gasteiger partial charge in [-0.25, -0.2) is 13.2 Å². The molecule has 0 radical (unpaired) electrons. The van der Waals surface area contributed by atoms with Crippen LogP contribution in [0.25, 0.3) is 0 Å². The van der Waals surface area contributed by atoms with E-state index in [2.05, 4.69) is 0 Å². The molecule has 0 atom stereocenters. The Morgan fingerprint density at radius 3 is 1.54 bits per heavy atom. The Labute approximate surface area is 209 Å². The highest BCUT2D eigenvalue weighted by Gasteiger charge is 2.10. The van der Waals surface area contributed by atoms with Gasteiger partial charge in [-0.05, 0) is 65.1 Å². The molecule has 0 heterocycles. The molecule has 0 bridgehead atoms. The first-order valence-electron chi connectivity index (χ1n) is 11.8. The zero-order chi connectivity index (χ0) is 26.7. The number of ether oxygens (including phenoxy) is 2. The molecule has 0 aliphatic rings. The van der Waals surface area contributed by atoms with Crippen molar-refractivity contribution in [3.8, 4) is 11.5 Å². The van der Waals surface area contributed by atoms with Crippen LogP contribution in [0.2, 0.25) is 0 Å². The van der Waals surface area contributed by atoms with Gasteiger partial charge in [0.15, 0.2) is 11.6 Å². The Balaban J connectivity index is 0.000000263. The van der Waals surface area contributed by atoms with Gasteiger partial charge in [0.2, 0.25) is 0 Å². The van der Waals surface area contributed by atoms with E-state index in [4.69, 9.17) is 9.47 Å². The third kappa shape index (κ3) is 9.31. The molecule has 0 aliphatic heterocycles. The highest BCUT2D eigenvalue weighted by molar-refractivity contribution is 5.33. The van der Waals surface area contributed by atoms with Crippen molar-refractivity contribution in [2.75, 3.05) is 14.2 Å². The zero-order valence-corrected chi connectivity index (χ0v) is 22.4. The summed E-state index contributed by atoms with van der Waals surface area (Å²) in [4.78, 5) is 0. The summed E-state index contributed by atoms with van der Waals surface area (Å²) < 4.78 is 49.5. The van der Waals surface area contributed by atoms with Crippen LogP contribution in [0.15, 0.2) is 54.6 Å². The second-order valence-corrected chi connectivity index (χ2v) is 9.24. The molecule has 0 saturated heterocycles. The first kappa shape index (κ1) is 30.1. The van der Waals surface area contributed by atoms with Crippen LogP contribution in [-0.2, 0) is 0 Å². The monoisotopic (exact) mass is 488 g/mol. The van der Waals surface area contributed by atoms with E-state index in [0.717, 1.165) is 16.7 Å². The van der Waals surface area contributed by atoms with Gasteiger partial charge in [0, 0.05) is 6.07 Å². The predicted molar refractivity (Wildman–Crippen MR) is 139 cm³/mol. The van der Waals surface area contributed by atoms with Gasteiger partial charge in [0.1, 0.15) is 17.4 Å². The Morgan fingerprint density at radius 1 is 0.600 bits per heavy atom. The summed E-state index contributed by atoms with van der Waals surface area (Å²) in [6, 6.07) is 15.5. The lowest BCUT2D eigenvalue weighted by atomic mass is 10.0. The minimum atomic E-state index is -0.241. The van der Waals surface area contributed by atoms with E-state index in [9.17, 15) is 13.2 Å². The average molecular weight is 489 g/mol. The topological polar surface area (TPSA) is 18.5 Å². The van der Waals surface area contributed by atoms with E-state index < -0.39 is 0 Å². The van der Waals surface area contributed by atoms with E-state index in [1.165, 1.54) is 20.3 Å². The molecular formula is C30H39F3O2. The van der Waals surface area contributed by atoms with Crippen molar-refractivity contribution in [1.29, 1.82) is 0 Å². The number of halogens is 3. The largest absolute Gasteiger partial charge is 0.497 e. The summed E-state index contributed by atoms with van der Waals surface area (Å²) in [5, 5.41) is 0. The minimum absolute atomic E-state index is 0.0833. The Morgan fingerprint density at radius 2 is 1.11 bits per heavy atom. The second-order valence-electron chi connectivity index (χ2n) is 9.24. The van der Waals surface area contributed by atoms with Gasteiger partial charge < -0.3 is 9.47 Å². The number of hydrogen-bond acceptors (Lipinski definition) is 2. The van der Waals surface area contributed by atoms with E-state index in [0.29, 0.717) is 17.1 Å². The van der Waals surface area contributed by atoms with Crippen LogP contribution in [0.4, 0.5) is 13.2 Å². The van der Waals surface area contributed by atoms with Crippen LogP contribution in [0, 0.1) is 24.4 Å². The molecule has 0 amide bonds. The lowest BCUT2D eigenvalue weighted by Crippen LogP contribution is -1.96. The standard InChI is InChI=1S/2C10H13FO.C10H13F/c1-7(2)9-5-4-8(12-3)6-10(9)11;1-7(2)8-5-4-6-9(12-3)10(8)11;1-7(2)9-5-4-8(3)6-10(9)11/h2*4-7H,1-3H3;4-7H,1-3H3. The van der Waals surface area contributed by atoms with E-state index in [-0.39, 0.29) is 35.2 Å². The second kappa shape index (κ2) is 14.4. The van der Waals surface area contributed by atoms with Crippen molar-refractivity contribution >= 4 is 0 Å². The molecule has 2 nitrogen and oxygen atoms in total. The molecule has 0 N–H and O–H groups in total. The van der Waals surface area contributed by atoms with Crippen LogP contribution in [0.5, 0.6) is 11.5 Å². The fourth-order valence-corrected chi connectivity index (χ4v) is 3.33. The molecule has 3 aromatic rings. The van der Waals surface area contributed by atoms with Crippen molar-refractivity contribution in [3.63, 3.8) is 0 Å². The fourth-order valence-electron chi connectivity index (χ4n) is 3.33. The Bertz CT molecular complexity index is 1060. The van der Waals surface area contributed by atoms with Crippen molar-refractivity contribution in [2.45, 2.75) is 66.2 Å². The normalized spacial score (nSPS) is 10.5. The third-order valence-corrected chi connectivity index (χ3v) is 5.44. The molecule has 0 unspecified atom stereocenters. The summed E-state index contributed by atoms with van der Waals surface area (Å²) in [6.07, 6.45) is 0. The maximum Gasteiger partial charge on any atom is 0.168 e. The van der Waals surface area contributed by atoms with Crippen molar-refractivity contribution in [1.82, 2.24) is 0 Å². The van der Waals surface area contributed by atoms with Crippen LogP contribution in [0.1, 0.15) is 81.5 Å². The number of aryl methyl sites for hydroxylation is 1. The highest BCUT2D eigenvalue weighted by Crippen LogP contribution is 2.25. The first-order chi connectivity index (χ1) is 16.4. The van der Waals surface area contributed by atoms with E-state index in [1.54, 1.807) is 36.4 Å². The van der Waals surface area contributed by atoms with Gasteiger partial charge in [0.05, 0.1) is 14.2 Å². The molecule has 3 rings (SSSR count). The molecule has 0 saturated carbocycles.